The van der Waals surface area contributed by atoms with Gasteiger partial charge < -0.3 is 15.5 Å². The second-order valence-electron chi connectivity index (χ2n) is 4.25. The smallest absolute Gasteiger partial charge is 0.241 e. The van der Waals surface area contributed by atoms with Crippen LogP contribution in [0.1, 0.15) is 6.42 Å². The molecule has 0 radical (unpaired) electrons. The van der Waals surface area contributed by atoms with Crippen LogP contribution in [-0.2, 0) is 4.79 Å². The van der Waals surface area contributed by atoms with Crippen molar-refractivity contribution in [3.8, 4) is 0 Å². The van der Waals surface area contributed by atoms with Crippen LogP contribution < -0.4 is 10.6 Å². The predicted molar refractivity (Wildman–Crippen MR) is 73.1 cm³/mol. The van der Waals surface area contributed by atoms with Crippen molar-refractivity contribution in [3.63, 3.8) is 0 Å². The summed E-state index contributed by atoms with van der Waals surface area (Å²) in [5.41, 5.74) is 5.67. The molecule has 2 rings (SSSR count). The van der Waals surface area contributed by atoms with Gasteiger partial charge in [-0.05, 0) is 12.5 Å². The topological polar surface area (TPSA) is 62.5 Å². The van der Waals surface area contributed by atoms with E-state index in [1.165, 1.54) is 0 Å². The lowest BCUT2D eigenvalue weighted by molar-refractivity contribution is -0.127. The lowest BCUT2D eigenvalue weighted by Crippen LogP contribution is -2.34. The highest BCUT2D eigenvalue weighted by atomic mass is 35.5. The number of amides is 1. The van der Waals surface area contributed by atoms with E-state index in [1.807, 2.05) is 4.90 Å². The van der Waals surface area contributed by atoms with Gasteiger partial charge in [-0.3, -0.25) is 4.79 Å². The van der Waals surface area contributed by atoms with Gasteiger partial charge >= 0.3 is 0 Å². The van der Waals surface area contributed by atoms with Crippen LogP contribution in [0.2, 0.25) is 10.0 Å². The van der Waals surface area contributed by atoms with Gasteiger partial charge in [0.1, 0.15) is 11.6 Å². The summed E-state index contributed by atoms with van der Waals surface area (Å²) < 4.78 is 0. The first-order valence-corrected chi connectivity index (χ1v) is 6.35. The van der Waals surface area contributed by atoms with Crippen LogP contribution in [-0.4, -0.2) is 42.5 Å². The number of aromatic nitrogens is 1. The van der Waals surface area contributed by atoms with Crippen LogP contribution in [0.15, 0.2) is 6.07 Å². The van der Waals surface area contributed by atoms with Crippen molar-refractivity contribution in [2.24, 2.45) is 0 Å². The second-order valence-corrected chi connectivity index (χ2v) is 5.07. The Bertz CT molecular complexity index is 480. The molecule has 2 heterocycles. The average molecular weight is 289 g/mol. The zero-order valence-electron chi connectivity index (χ0n) is 9.99. The van der Waals surface area contributed by atoms with E-state index in [0.717, 1.165) is 13.0 Å². The number of likely N-dealkylation sites (N-methyl/N-ethyl adjacent to an activating group) is 1. The Morgan fingerprint density at radius 2 is 2.06 bits per heavy atom. The van der Waals surface area contributed by atoms with E-state index in [4.69, 9.17) is 28.9 Å². The normalized spacial score (nSPS) is 16.9. The summed E-state index contributed by atoms with van der Waals surface area (Å²) >= 11 is 11.9. The molecule has 1 aliphatic rings. The van der Waals surface area contributed by atoms with Gasteiger partial charge in [-0.15, -0.1) is 0 Å². The molecule has 5 nitrogen and oxygen atoms in total. The maximum Gasteiger partial charge on any atom is 0.241 e. The molecule has 0 aliphatic carbocycles. The van der Waals surface area contributed by atoms with Crippen molar-refractivity contribution in [1.82, 2.24) is 9.88 Å². The Kier molecular flexibility index (Phi) is 3.82. The van der Waals surface area contributed by atoms with Gasteiger partial charge in [0, 0.05) is 20.1 Å². The van der Waals surface area contributed by atoms with E-state index >= 15 is 0 Å². The summed E-state index contributed by atoms with van der Waals surface area (Å²) in [6.45, 7) is 1.70. The molecule has 18 heavy (non-hydrogen) atoms. The summed E-state index contributed by atoms with van der Waals surface area (Å²) in [7, 11) is 1.79. The summed E-state index contributed by atoms with van der Waals surface area (Å²) in [6.07, 6.45) is 0.864. The monoisotopic (exact) mass is 288 g/mol. The van der Waals surface area contributed by atoms with E-state index < -0.39 is 0 Å². The second kappa shape index (κ2) is 5.20. The number of rotatable bonds is 1. The molecule has 0 spiro atoms. The minimum Gasteiger partial charge on any atom is -0.382 e. The number of hydrogen-bond donors (Lipinski definition) is 1. The Morgan fingerprint density at radius 1 is 1.33 bits per heavy atom. The molecule has 1 fully saturated rings. The van der Waals surface area contributed by atoms with Crippen LogP contribution >= 0.6 is 23.2 Å². The lowest BCUT2D eigenvalue weighted by atomic mass is 10.3. The largest absolute Gasteiger partial charge is 0.382 e. The molecule has 0 unspecified atom stereocenters. The van der Waals surface area contributed by atoms with Crippen LogP contribution in [0.3, 0.4) is 0 Å². The summed E-state index contributed by atoms with van der Waals surface area (Å²) in [5.74, 6) is 0.780. The lowest BCUT2D eigenvalue weighted by Gasteiger charge is -2.22. The standard InChI is InChI=1S/C11H14Cl2N4O/c1-16-3-2-4-17(6-9(16)18)11-8(13)5-7(12)10(14)15-11/h5H,2-4,6H2,1H3,(H2,14,15). The van der Waals surface area contributed by atoms with Gasteiger partial charge in [-0.25, -0.2) is 4.98 Å². The number of carbonyl (C=O) groups is 1. The number of anilines is 2. The van der Waals surface area contributed by atoms with Gasteiger partial charge in [0.05, 0.1) is 16.6 Å². The highest BCUT2D eigenvalue weighted by molar-refractivity contribution is 6.37. The predicted octanol–water partition coefficient (Wildman–Crippen LogP) is 1.64. The first-order valence-electron chi connectivity index (χ1n) is 5.59. The Balaban J connectivity index is 2.30. The van der Waals surface area contributed by atoms with E-state index in [9.17, 15) is 4.79 Å². The quantitative estimate of drug-likeness (QED) is 0.853. The third kappa shape index (κ3) is 2.62. The van der Waals surface area contributed by atoms with Gasteiger partial charge in [-0.1, -0.05) is 23.2 Å². The highest BCUT2D eigenvalue weighted by Crippen LogP contribution is 2.30. The fraction of sp³-hybridized carbons (Fsp3) is 0.455. The van der Waals surface area contributed by atoms with Crippen molar-refractivity contribution in [1.29, 1.82) is 0 Å². The van der Waals surface area contributed by atoms with Crippen molar-refractivity contribution in [3.05, 3.63) is 16.1 Å². The maximum atomic E-state index is 11.8. The first kappa shape index (κ1) is 13.2. The van der Waals surface area contributed by atoms with Crippen LogP contribution in [0.4, 0.5) is 11.6 Å². The van der Waals surface area contributed by atoms with Crippen molar-refractivity contribution < 1.29 is 4.79 Å². The Labute approximate surface area is 115 Å². The number of nitrogens with two attached hydrogens (primary N) is 1. The van der Waals surface area contributed by atoms with Crippen molar-refractivity contribution in [2.75, 3.05) is 37.3 Å². The molecular weight excluding hydrogens is 275 g/mol. The molecule has 7 heteroatoms. The third-order valence-corrected chi connectivity index (χ3v) is 3.49. The molecule has 1 aliphatic heterocycles. The Hall–Kier alpha value is -1.20. The SMILES string of the molecule is CN1CCCN(c2nc(N)c(Cl)cc2Cl)CC1=O. The van der Waals surface area contributed by atoms with Crippen LogP contribution in [0, 0.1) is 0 Å². The molecular formula is C11H14Cl2N4O. The number of nitrogens with zero attached hydrogens (tertiary/aromatic N) is 3. The minimum absolute atomic E-state index is 0.0406. The van der Waals surface area contributed by atoms with Crippen LogP contribution in [0.5, 0.6) is 0 Å². The first-order chi connectivity index (χ1) is 8.49. The molecule has 1 saturated heterocycles. The van der Waals surface area contributed by atoms with E-state index in [-0.39, 0.29) is 18.3 Å². The average Bonchev–Trinajstić information content (AvgIpc) is 2.47. The van der Waals surface area contributed by atoms with Crippen molar-refractivity contribution in [2.45, 2.75) is 6.42 Å². The van der Waals surface area contributed by atoms with Gasteiger partial charge in [-0.2, -0.15) is 0 Å². The molecule has 1 aromatic heterocycles. The molecule has 1 amide bonds. The third-order valence-electron chi connectivity index (χ3n) is 2.91. The van der Waals surface area contributed by atoms with E-state index in [2.05, 4.69) is 4.98 Å². The number of pyridine rings is 1. The van der Waals surface area contributed by atoms with Gasteiger partial charge in [0.25, 0.3) is 0 Å². The summed E-state index contributed by atoms with van der Waals surface area (Å²) in [5, 5.41) is 0.730. The van der Waals surface area contributed by atoms with E-state index in [1.54, 1.807) is 18.0 Å². The maximum absolute atomic E-state index is 11.8. The summed E-state index contributed by atoms with van der Waals surface area (Å²) in [6, 6.07) is 1.56. The Morgan fingerprint density at radius 3 is 2.78 bits per heavy atom. The van der Waals surface area contributed by atoms with E-state index in [0.29, 0.717) is 22.4 Å². The number of hydrogen-bond acceptors (Lipinski definition) is 4. The zero-order chi connectivity index (χ0) is 13.3. The molecule has 1 aromatic rings. The number of halogens is 2. The van der Waals surface area contributed by atoms with Gasteiger partial charge in [0.2, 0.25) is 5.91 Å². The highest BCUT2D eigenvalue weighted by Gasteiger charge is 2.22. The fourth-order valence-corrected chi connectivity index (χ4v) is 2.34. The molecule has 0 saturated carbocycles. The molecule has 2 N–H and O–H groups in total. The summed E-state index contributed by atoms with van der Waals surface area (Å²) in [4.78, 5) is 19.5. The fourth-order valence-electron chi connectivity index (χ4n) is 1.86. The molecule has 0 atom stereocenters. The van der Waals surface area contributed by atoms with Crippen molar-refractivity contribution >= 4 is 40.7 Å². The zero-order valence-corrected chi connectivity index (χ0v) is 11.5. The van der Waals surface area contributed by atoms with Crippen LogP contribution in [0.25, 0.3) is 0 Å². The number of nitrogen functional groups attached to an aromatic ring is 1. The minimum atomic E-state index is 0.0406. The number of carbonyl (C=O) groups excluding carboxylic acids is 1. The van der Waals surface area contributed by atoms with Gasteiger partial charge in [0.15, 0.2) is 0 Å². The molecule has 98 valence electrons. The molecule has 0 aromatic carbocycles. The molecule has 0 bridgehead atoms.